The Balaban J connectivity index is 0.00000196. The summed E-state index contributed by atoms with van der Waals surface area (Å²) in [7, 11) is -7.79. The molecule has 6 nitrogen and oxygen atoms in total. The van der Waals surface area contributed by atoms with Crippen LogP contribution < -0.4 is 118 Å². The van der Waals surface area contributed by atoms with E-state index in [1.807, 2.05) is 0 Å². The first-order valence-corrected chi connectivity index (χ1v) is 8.98. The Morgan fingerprint density at radius 1 is 1.29 bits per heavy atom. The minimum Gasteiger partial charge on any atom is -0.889 e. The van der Waals surface area contributed by atoms with Crippen LogP contribution in [0.3, 0.4) is 0 Å². The number of halogens is 4. The Hall–Kier alpha value is 1.46. The molecule has 2 aromatic rings. The number of aromatic nitrogens is 2. The number of hydrogen-bond acceptors (Lipinski definition) is 5. The quantitative estimate of drug-likeness (QED) is 0.406. The molecule has 0 amide bonds. The van der Waals surface area contributed by atoms with Crippen LogP contribution in [-0.2, 0) is 10.0 Å². The zero-order valence-electron chi connectivity index (χ0n) is 15.0. The van der Waals surface area contributed by atoms with Crippen molar-refractivity contribution in [2.75, 3.05) is 0 Å². The number of hydrogen-bond donors (Lipinski definition) is 0. The Bertz CT molecular complexity index is 1090. The summed E-state index contributed by atoms with van der Waals surface area (Å²) in [4.78, 5) is 3.40. The van der Waals surface area contributed by atoms with Crippen LogP contribution in [0.25, 0.3) is 11.0 Å². The van der Waals surface area contributed by atoms with Gasteiger partial charge in [0.2, 0.25) is 5.95 Å². The Morgan fingerprint density at radius 3 is 2.43 bits per heavy atom. The average Bonchev–Trinajstić information content (AvgIpc) is 2.84. The maximum absolute atomic E-state index is 14.8. The second-order valence-corrected chi connectivity index (χ2v) is 8.56. The molecular weight excluding hydrogens is 474 g/mol. The number of allylic oxidation sites excluding steroid dienone is 3. The number of rotatable bonds is 3. The van der Waals surface area contributed by atoms with Crippen LogP contribution >= 0.6 is 11.6 Å². The molecule has 138 valence electrons. The zero-order chi connectivity index (χ0) is 19.4. The van der Waals surface area contributed by atoms with E-state index in [1.165, 1.54) is 19.1 Å². The first kappa shape index (κ1) is 27.5. The molecule has 1 atom stereocenters. The van der Waals surface area contributed by atoms with Gasteiger partial charge in [-0.1, -0.05) is 30.3 Å². The van der Waals surface area contributed by atoms with Crippen LogP contribution in [0.1, 0.15) is 13.3 Å². The van der Waals surface area contributed by atoms with Gasteiger partial charge in [-0.15, -0.1) is 0 Å². The van der Waals surface area contributed by atoms with E-state index in [2.05, 4.69) is 4.98 Å². The van der Waals surface area contributed by atoms with E-state index in [-0.39, 0.29) is 118 Å². The van der Waals surface area contributed by atoms with E-state index in [0.717, 1.165) is 6.08 Å². The topological polar surface area (TPSA) is 98.1 Å². The molecule has 14 heteroatoms. The molecule has 0 spiro atoms. The van der Waals surface area contributed by atoms with Gasteiger partial charge >= 0.3 is 103 Å². The number of pyridine rings is 1. The zero-order valence-corrected chi connectivity index (χ0v) is 22.9. The third-order valence-corrected chi connectivity index (χ3v) is 6.64. The fourth-order valence-corrected chi connectivity index (χ4v) is 4.85. The molecule has 1 aliphatic carbocycles. The molecular formula is C14H9BClF3K2N2O4S. The van der Waals surface area contributed by atoms with Gasteiger partial charge in [-0.2, -0.15) is 8.36 Å². The van der Waals surface area contributed by atoms with E-state index >= 15 is 0 Å². The normalized spacial score (nSPS) is 19.0. The van der Waals surface area contributed by atoms with Gasteiger partial charge < -0.3 is 10.0 Å². The van der Waals surface area contributed by atoms with Crippen LogP contribution in [0.2, 0.25) is 0 Å². The first-order valence-electron chi connectivity index (χ1n) is 7.16. The molecule has 0 saturated heterocycles. The van der Waals surface area contributed by atoms with Gasteiger partial charge in [0, 0.05) is 5.03 Å². The van der Waals surface area contributed by atoms with Crippen LogP contribution in [0, 0.1) is 17.6 Å². The van der Waals surface area contributed by atoms with Gasteiger partial charge in [-0.3, -0.25) is 0 Å². The van der Waals surface area contributed by atoms with Crippen LogP contribution in [0.4, 0.5) is 13.2 Å². The number of fused-ring (bicyclic) bond motifs is 1. The Labute approximate surface area is 249 Å². The molecule has 3 rings (SSSR count). The summed E-state index contributed by atoms with van der Waals surface area (Å²) in [5, 5.41) is 21.6. The summed E-state index contributed by atoms with van der Waals surface area (Å²) >= 11 is 5.84. The van der Waals surface area contributed by atoms with Crippen molar-refractivity contribution in [1.82, 2.24) is 8.96 Å². The molecule has 0 aliphatic heterocycles. The fourth-order valence-electron chi connectivity index (χ4n) is 2.78. The summed E-state index contributed by atoms with van der Waals surface area (Å²) in [5.74, 6) is -5.08. The van der Waals surface area contributed by atoms with Gasteiger partial charge in [0.15, 0.2) is 17.3 Å². The van der Waals surface area contributed by atoms with Crippen molar-refractivity contribution in [1.29, 1.82) is 0 Å². The van der Waals surface area contributed by atoms with Crippen molar-refractivity contribution in [3.8, 4) is 0 Å². The standard InChI is InChI=1S/C14H9BClF3N2O4S.2K/c1-14(4-2-3-7(16)5-14)26(24,25)21-12(19)10(15(22)23)9-11(18)8(17)6-20-13(9)21;;/h2-3,5-6H,4H2,1H3;;/q-2;2*+1. The van der Waals surface area contributed by atoms with E-state index in [9.17, 15) is 31.6 Å². The smallest absolute Gasteiger partial charge is 0.889 e. The molecule has 0 aromatic carbocycles. The predicted molar refractivity (Wildman–Crippen MR) is 85.4 cm³/mol. The summed E-state index contributed by atoms with van der Waals surface area (Å²) in [5.41, 5.74) is -2.23. The largest absolute Gasteiger partial charge is 1.00 e. The molecule has 1 unspecified atom stereocenters. The van der Waals surface area contributed by atoms with Crippen LogP contribution in [-0.4, -0.2) is 29.2 Å². The van der Waals surface area contributed by atoms with Gasteiger partial charge in [0.1, 0.15) is 4.75 Å². The van der Waals surface area contributed by atoms with E-state index in [0.29, 0.717) is 6.20 Å². The van der Waals surface area contributed by atoms with E-state index in [4.69, 9.17) is 11.6 Å². The van der Waals surface area contributed by atoms with Gasteiger partial charge in [-0.05, 0) is 25.5 Å². The van der Waals surface area contributed by atoms with E-state index < -0.39 is 56.0 Å². The Morgan fingerprint density at radius 2 is 1.89 bits per heavy atom. The maximum Gasteiger partial charge on any atom is 1.00 e. The molecule has 28 heavy (non-hydrogen) atoms. The minimum absolute atomic E-state index is 0. The van der Waals surface area contributed by atoms with Gasteiger partial charge in [-0.25, -0.2) is 22.2 Å². The minimum atomic E-state index is -4.69. The molecule has 0 saturated carbocycles. The van der Waals surface area contributed by atoms with E-state index in [1.54, 1.807) is 0 Å². The molecule has 0 radical (unpaired) electrons. The van der Waals surface area contributed by atoms with Crippen molar-refractivity contribution in [3.05, 3.63) is 47.0 Å². The predicted octanol–water partition coefficient (Wildman–Crippen LogP) is -6.10. The second-order valence-electron chi connectivity index (χ2n) is 5.87. The average molecular weight is 483 g/mol. The summed E-state index contributed by atoms with van der Waals surface area (Å²) < 4.78 is 66.6. The SMILES string of the molecule is CC1(S(=O)(=O)n2c(F)c(B([O-])[O-])c3c(F)c(F)cnc32)C=C(Cl)C=CC1.[K+].[K+]. The van der Waals surface area contributed by atoms with Crippen molar-refractivity contribution in [2.45, 2.75) is 18.1 Å². The molecule has 1 aliphatic rings. The third-order valence-electron chi connectivity index (χ3n) is 4.12. The molecule has 2 aromatic heterocycles. The van der Waals surface area contributed by atoms with Crippen LogP contribution in [0.5, 0.6) is 0 Å². The van der Waals surface area contributed by atoms with Crippen molar-refractivity contribution < 1.29 is 134 Å². The molecule has 0 bridgehead atoms. The summed E-state index contributed by atoms with van der Waals surface area (Å²) in [6, 6.07) is 0. The summed E-state index contributed by atoms with van der Waals surface area (Å²) in [6.07, 6.45) is 4.24. The molecule has 2 heterocycles. The van der Waals surface area contributed by atoms with Crippen molar-refractivity contribution >= 4 is 45.2 Å². The van der Waals surface area contributed by atoms with Gasteiger partial charge in [0.25, 0.3) is 10.0 Å². The second kappa shape index (κ2) is 9.94. The first-order chi connectivity index (χ1) is 12.0. The molecule has 0 N–H and O–H groups in total. The molecule has 0 fully saturated rings. The number of nitrogens with zero attached hydrogens (tertiary/aromatic N) is 2. The fraction of sp³-hybridized carbons (Fsp3) is 0.214. The van der Waals surface area contributed by atoms with Crippen molar-refractivity contribution in [3.63, 3.8) is 0 Å². The van der Waals surface area contributed by atoms with Crippen LogP contribution in [0.15, 0.2) is 29.5 Å². The van der Waals surface area contributed by atoms with Gasteiger partial charge in [0.05, 0.1) is 11.6 Å². The monoisotopic (exact) mass is 482 g/mol. The maximum atomic E-state index is 14.8. The Kier molecular flexibility index (Phi) is 9.76. The van der Waals surface area contributed by atoms with Crippen molar-refractivity contribution in [2.24, 2.45) is 0 Å². The third kappa shape index (κ3) is 4.49. The summed E-state index contributed by atoms with van der Waals surface area (Å²) in [6.45, 7) is 1.23.